The van der Waals surface area contributed by atoms with Gasteiger partial charge in [0, 0.05) is 31.1 Å². The topological polar surface area (TPSA) is 45.4 Å². The Morgan fingerprint density at radius 3 is 2.38 bits per heavy atom. The Morgan fingerprint density at radius 2 is 1.94 bits per heavy atom. The van der Waals surface area contributed by atoms with Crippen LogP contribution in [0.1, 0.15) is 23.5 Å². The van der Waals surface area contributed by atoms with Gasteiger partial charge in [-0.15, -0.1) is 11.3 Å². The van der Waals surface area contributed by atoms with Gasteiger partial charge in [0.2, 0.25) is 0 Å². The molecule has 2 N–H and O–H groups in total. The van der Waals surface area contributed by atoms with Crippen molar-refractivity contribution in [3.8, 4) is 0 Å². The van der Waals surface area contributed by atoms with Crippen LogP contribution in [0.15, 0.2) is 0 Å². The van der Waals surface area contributed by atoms with E-state index in [-0.39, 0.29) is 6.04 Å². The number of hydrogen-bond donors (Lipinski definition) is 1. The van der Waals surface area contributed by atoms with E-state index in [9.17, 15) is 0 Å². The first-order chi connectivity index (χ1) is 7.41. The van der Waals surface area contributed by atoms with Crippen LogP contribution in [-0.4, -0.2) is 44.1 Å². The van der Waals surface area contributed by atoms with Crippen LogP contribution in [0.5, 0.6) is 0 Å². The van der Waals surface area contributed by atoms with Crippen LogP contribution in [0, 0.1) is 6.92 Å². The second-order valence-electron chi connectivity index (χ2n) is 4.46. The van der Waals surface area contributed by atoms with Crippen molar-refractivity contribution in [3.05, 3.63) is 10.6 Å². The maximum Gasteiger partial charge on any atom is 0.185 e. The first kappa shape index (κ1) is 13.4. The molecule has 0 bridgehead atoms. The van der Waals surface area contributed by atoms with Crippen molar-refractivity contribution in [2.45, 2.75) is 19.9 Å². The summed E-state index contributed by atoms with van der Waals surface area (Å²) in [6.45, 7) is 6.05. The van der Waals surface area contributed by atoms with Gasteiger partial charge in [0.1, 0.15) is 0 Å². The molecule has 0 aliphatic rings. The van der Waals surface area contributed by atoms with Gasteiger partial charge in [-0.3, -0.25) is 0 Å². The molecule has 92 valence electrons. The zero-order valence-electron chi connectivity index (χ0n) is 10.8. The van der Waals surface area contributed by atoms with Crippen LogP contribution in [0.25, 0.3) is 0 Å². The fraction of sp³-hybridized carbons (Fsp3) is 0.727. The van der Waals surface area contributed by atoms with Gasteiger partial charge in [-0.25, -0.2) is 4.98 Å². The molecule has 1 unspecified atom stereocenters. The van der Waals surface area contributed by atoms with E-state index in [4.69, 9.17) is 5.73 Å². The smallest absolute Gasteiger partial charge is 0.185 e. The zero-order valence-corrected chi connectivity index (χ0v) is 11.6. The lowest BCUT2D eigenvalue weighted by Crippen LogP contribution is -2.28. The maximum atomic E-state index is 5.89. The van der Waals surface area contributed by atoms with Crippen molar-refractivity contribution in [2.75, 3.05) is 39.1 Å². The Hall–Kier alpha value is -0.650. The monoisotopic (exact) mass is 242 g/mol. The molecule has 4 nitrogen and oxygen atoms in total. The van der Waals surface area contributed by atoms with E-state index < -0.39 is 0 Å². The van der Waals surface area contributed by atoms with Crippen molar-refractivity contribution in [2.24, 2.45) is 5.73 Å². The molecule has 1 atom stereocenters. The lowest BCUT2D eigenvalue weighted by molar-refractivity contribution is 0.416. The average Bonchev–Trinajstić information content (AvgIpc) is 2.56. The van der Waals surface area contributed by atoms with Crippen LogP contribution < -0.4 is 10.6 Å². The fourth-order valence-corrected chi connectivity index (χ4v) is 2.43. The Kier molecular flexibility index (Phi) is 4.70. The van der Waals surface area contributed by atoms with E-state index in [2.05, 4.69) is 35.9 Å². The van der Waals surface area contributed by atoms with Gasteiger partial charge >= 0.3 is 0 Å². The second-order valence-corrected chi connectivity index (χ2v) is 5.47. The molecule has 5 heteroatoms. The van der Waals surface area contributed by atoms with E-state index in [1.54, 1.807) is 11.3 Å². The zero-order chi connectivity index (χ0) is 12.3. The lowest BCUT2D eigenvalue weighted by atomic mass is 10.2. The molecule has 0 fully saturated rings. The molecule has 0 aliphatic heterocycles. The van der Waals surface area contributed by atoms with Gasteiger partial charge < -0.3 is 15.5 Å². The first-order valence-corrected chi connectivity index (χ1v) is 6.32. The van der Waals surface area contributed by atoms with E-state index in [1.807, 2.05) is 13.8 Å². The number of likely N-dealkylation sites (N-methyl/N-ethyl adjacent to an activating group) is 2. The summed E-state index contributed by atoms with van der Waals surface area (Å²) in [6.07, 6.45) is 0. The third-order valence-corrected chi connectivity index (χ3v) is 3.92. The highest BCUT2D eigenvalue weighted by atomic mass is 32.1. The Labute approximate surface area is 102 Å². The molecule has 0 amide bonds. The number of hydrogen-bond acceptors (Lipinski definition) is 5. The molecule has 1 aromatic heterocycles. The summed E-state index contributed by atoms with van der Waals surface area (Å²) in [7, 11) is 6.23. The van der Waals surface area contributed by atoms with Crippen LogP contribution in [-0.2, 0) is 0 Å². The van der Waals surface area contributed by atoms with Crippen LogP contribution >= 0.6 is 11.3 Å². The normalized spacial score (nSPS) is 13.2. The predicted molar refractivity (Wildman–Crippen MR) is 71.3 cm³/mol. The largest absolute Gasteiger partial charge is 0.350 e. The highest BCUT2D eigenvalue weighted by Gasteiger charge is 2.13. The van der Waals surface area contributed by atoms with E-state index in [1.165, 1.54) is 4.88 Å². The predicted octanol–water partition coefficient (Wildman–Crippen LogP) is 1.47. The van der Waals surface area contributed by atoms with Gasteiger partial charge in [0.15, 0.2) is 5.13 Å². The van der Waals surface area contributed by atoms with Crippen molar-refractivity contribution in [1.82, 2.24) is 9.88 Å². The molecular formula is C11H22N4S. The van der Waals surface area contributed by atoms with Gasteiger partial charge in [-0.05, 0) is 27.9 Å². The quantitative estimate of drug-likeness (QED) is 0.849. The summed E-state index contributed by atoms with van der Waals surface area (Å²) < 4.78 is 0. The van der Waals surface area contributed by atoms with Crippen molar-refractivity contribution >= 4 is 16.5 Å². The van der Waals surface area contributed by atoms with Gasteiger partial charge in [0.05, 0.1) is 5.69 Å². The lowest BCUT2D eigenvalue weighted by Gasteiger charge is -2.18. The SMILES string of the molecule is Cc1nc(N(C)CCN(C)C)sc1C(C)N. The standard InChI is InChI=1S/C11H22N4S/c1-8(12)10-9(2)13-11(16-10)15(5)7-6-14(3)4/h8H,6-7,12H2,1-5H3. The van der Waals surface area contributed by atoms with E-state index in [0.717, 1.165) is 23.9 Å². The van der Waals surface area contributed by atoms with E-state index in [0.29, 0.717) is 0 Å². The molecule has 0 saturated heterocycles. The molecule has 16 heavy (non-hydrogen) atoms. The summed E-state index contributed by atoms with van der Waals surface area (Å²) in [6, 6.07) is 0.0773. The first-order valence-electron chi connectivity index (χ1n) is 5.50. The van der Waals surface area contributed by atoms with Crippen LogP contribution in [0.2, 0.25) is 0 Å². The minimum absolute atomic E-state index is 0.0773. The summed E-state index contributed by atoms with van der Waals surface area (Å²) in [5, 5.41) is 1.06. The number of rotatable bonds is 5. The fourth-order valence-electron chi connectivity index (χ4n) is 1.42. The Morgan fingerprint density at radius 1 is 1.31 bits per heavy atom. The van der Waals surface area contributed by atoms with E-state index >= 15 is 0 Å². The number of thiazole rings is 1. The number of anilines is 1. The van der Waals surface area contributed by atoms with Crippen molar-refractivity contribution < 1.29 is 0 Å². The van der Waals surface area contributed by atoms with Crippen LogP contribution in [0.3, 0.4) is 0 Å². The van der Waals surface area contributed by atoms with Crippen molar-refractivity contribution in [3.63, 3.8) is 0 Å². The van der Waals surface area contributed by atoms with Gasteiger partial charge in [-0.2, -0.15) is 0 Å². The molecule has 0 aromatic carbocycles. The molecule has 0 aliphatic carbocycles. The summed E-state index contributed by atoms with van der Waals surface area (Å²) in [4.78, 5) is 10.1. The number of nitrogens with two attached hydrogens (primary N) is 1. The third kappa shape index (κ3) is 3.43. The van der Waals surface area contributed by atoms with Crippen molar-refractivity contribution in [1.29, 1.82) is 0 Å². The molecule has 0 radical (unpaired) electrons. The second kappa shape index (κ2) is 5.61. The minimum Gasteiger partial charge on any atom is -0.350 e. The van der Waals surface area contributed by atoms with Crippen LogP contribution in [0.4, 0.5) is 5.13 Å². The Balaban J connectivity index is 2.69. The number of nitrogens with zero attached hydrogens (tertiary/aromatic N) is 3. The van der Waals surface area contributed by atoms with Gasteiger partial charge in [-0.1, -0.05) is 0 Å². The van der Waals surface area contributed by atoms with Gasteiger partial charge in [0.25, 0.3) is 0 Å². The molecule has 0 spiro atoms. The average molecular weight is 242 g/mol. The number of aryl methyl sites for hydroxylation is 1. The molecule has 1 rings (SSSR count). The summed E-state index contributed by atoms with van der Waals surface area (Å²) >= 11 is 1.70. The molecular weight excluding hydrogens is 220 g/mol. The maximum absolute atomic E-state index is 5.89. The highest BCUT2D eigenvalue weighted by Crippen LogP contribution is 2.28. The summed E-state index contributed by atoms with van der Waals surface area (Å²) in [5.74, 6) is 0. The number of aromatic nitrogens is 1. The minimum atomic E-state index is 0.0773. The summed E-state index contributed by atoms with van der Waals surface area (Å²) in [5.41, 5.74) is 6.96. The molecule has 1 heterocycles. The Bertz CT molecular complexity index is 333. The molecule has 1 aromatic rings. The highest BCUT2D eigenvalue weighted by molar-refractivity contribution is 7.15. The third-order valence-electron chi connectivity index (χ3n) is 2.44. The molecule has 0 saturated carbocycles.